The molecule has 0 spiro atoms. The van der Waals surface area contributed by atoms with Crippen molar-refractivity contribution in [1.29, 1.82) is 0 Å². The Morgan fingerprint density at radius 1 is 1.35 bits per heavy atom. The predicted octanol–water partition coefficient (Wildman–Crippen LogP) is 1.94. The number of carboxylic acid groups (broad SMARTS) is 1. The lowest BCUT2D eigenvalue weighted by atomic mass is 9.97. The predicted molar refractivity (Wildman–Crippen MR) is 75.5 cm³/mol. The van der Waals surface area contributed by atoms with Gasteiger partial charge in [-0.05, 0) is 32.3 Å². The van der Waals surface area contributed by atoms with E-state index in [1.165, 1.54) is 0 Å². The Balaban J connectivity index is 2.58. The van der Waals surface area contributed by atoms with Crippen LogP contribution in [0.15, 0.2) is 12.3 Å². The van der Waals surface area contributed by atoms with Crippen LogP contribution in [0.5, 0.6) is 0 Å². The third-order valence-electron chi connectivity index (χ3n) is 2.98. The van der Waals surface area contributed by atoms with Crippen molar-refractivity contribution >= 4 is 11.9 Å². The molecule has 1 aromatic rings. The second-order valence-electron chi connectivity index (χ2n) is 5.65. The van der Waals surface area contributed by atoms with Crippen molar-refractivity contribution in [3.63, 3.8) is 0 Å². The standard InChI is InChI=1S/C14H23N3O3/c1-9(2)7-11(14(19)20)8-15-13(18)12-5-6-17(16-12)10(3)4/h5-6,9-11H,7-8H2,1-4H3,(H,15,18)(H,19,20). The van der Waals surface area contributed by atoms with E-state index in [1.807, 2.05) is 27.7 Å². The summed E-state index contributed by atoms with van der Waals surface area (Å²) < 4.78 is 1.69. The average molecular weight is 281 g/mol. The zero-order chi connectivity index (χ0) is 15.3. The molecular formula is C14H23N3O3. The average Bonchev–Trinajstić information content (AvgIpc) is 2.82. The zero-order valence-electron chi connectivity index (χ0n) is 12.5. The lowest BCUT2D eigenvalue weighted by molar-refractivity contribution is -0.142. The summed E-state index contributed by atoms with van der Waals surface area (Å²) in [5.74, 6) is -1.51. The Morgan fingerprint density at radius 3 is 2.45 bits per heavy atom. The van der Waals surface area contributed by atoms with Crippen LogP contribution in [-0.2, 0) is 4.79 Å². The number of amides is 1. The summed E-state index contributed by atoms with van der Waals surface area (Å²) in [4.78, 5) is 23.0. The smallest absolute Gasteiger partial charge is 0.308 e. The summed E-state index contributed by atoms with van der Waals surface area (Å²) >= 11 is 0. The molecule has 0 aliphatic carbocycles. The number of hydrogen-bond donors (Lipinski definition) is 2. The lowest BCUT2D eigenvalue weighted by Crippen LogP contribution is -2.34. The monoisotopic (exact) mass is 281 g/mol. The van der Waals surface area contributed by atoms with Crippen LogP contribution in [0, 0.1) is 11.8 Å². The Hall–Kier alpha value is -1.85. The molecule has 1 heterocycles. The molecule has 6 nitrogen and oxygen atoms in total. The lowest BCUT2D eigenvalue weighted by Gasteiger charge is -2.14. The van der Waals surface area contributed by atoms with Crippen LogP contribution in [0.25, 0.3) is 0 Å². The van der Waals surface area contributed by atoms with E-state index in [0.717, 1.165) is 0 Å². The molecule has 0 bridgehead atoms. The van der Waals surface area contributed by atoms with Gasteiger partial charge in [-0.25, -0.2) is 0 Å². The summed E-state index contributed by atoms with van der Waals surface area (Å²) in [6.07, 6.45) is 2.28. The van der Waals surface area contributed by atoms with Gasteiger partial charge >= 0.3 is 5.97 Å². The summed E-state index contributed by atoms with van der Waals surface area (Å²) in [6.45, 7) is 7.99. The minimum Gasteiger partial charge on any atom is -0.481 e. The van der Waals surface area contributed by atoms with Crippen molar-refractivity contribution in [2.75, 3.05) is 6.54 Å². The Kier molecular flexibility index (Phi) is 5.73. The molecule has 0 aromatic carbocycles. The molecule has 0 saturated heterocycles. The maximum absolute atomic E-state index is 11.9. The minimum absolute atomic E-state index is 0.126. The van der Waals surface area contributed by atoms with Gasteiger partial charge in [-0.3, -0.25) is 14.3 Å². The molecule has 1 unspecified atom stereocenters. The molecule has 1 atom stereocenters. The fourth-order valence-electron chi connectivity index (χ4n) is 1.89. The van der Waals surface area contributed by atoms with Crippen molar-refractivity contribution in [3.8, 4) is 0 Å². The highest BCUT2D eigenvalue weighted by Gasteiger charge is 2.20. The van der Waals surface area contributed by atoms with Gasteiger partial charge in [0.15, 0.2) is 0 Å². The van der Waals surface area contributed by atoms with E-state index in [9.17, 15) is 9.59 Å². The Labute approximate surface area is 119 Å². The van der Waals surface area contributed by atoms with E-state index in [0.29, 0.717) is 12.1 Å². The van der Waals surface area contributed by atoms with Gasteiger partial charge in [0.1, 0.15) is 5.69 Å². The maximum Gasteiger partial charge on any atom is 0.308 e. The molecule has 2 N–H and O–H groups in total. The van der Waals surface area contributed by atoms with Crippen molar-refractivity contribution < 1.29 is 14.7 Å². The van der Waals surface area contributed by atoms with Crippen LogP contribution in [-0.4, -0.2) is 33.3 Å². The van der Waals surface area contributed by atoms with Crippen molar-refractivity contribution in [2.24, 2.45) is 11.8 Å². The van der Waals surface area contributed by atoms with Gasteiger partial charge < -0.3 is 10.4 Å². The summed E-state index contributed by atoms with van der Waals surface area (Å²) in [5.41, 5.74) is 0.312. The maximum atomic E-state index is 11.9. The normalized spacial score (nSPS) is 12.7. The molecule has 20 heavy (non-hydrogen) atoms. The van der Waals surface area contributed by atoms with E-state index in [1.54, 1.807) is 16.9 Å². The second-order valence-corrected chi connectivity index (χ2v) is 5.65. The van der Waals surface area contributed by atoms with E-state index in [-0.39, 0.29) is 24.4 Å². The highest BCUT2D eigenvalue weighted by atomic mass is 16.4. The van der Waals surface area contributed by atoms with E-state index < -0.39 is 11.9 Å². The van der Waals surface area contributed by atoms with Gasteiger partial charge in [0.2, 0.25) is 0 Å². The third kappa shape index (κ3) is 4.68. The summed E-state index contributed by atoms with van der Waals surface area (Å²) in [7, 11) is 0. The molecule has 6 heteroatoms. The number of nitrogens with zero attached hydrogens (tertiary/aromatic N) is 2. The van der Waals surface area contributed by atoms with Crippen LogP contribution in [0.3, 0.4) is 0 Å². The van der Waals surface area contributed by atoms with E-state index in [4.69, 9.17) is 5.11 Å². The largest absolute Gasteiger partial charge is 0.481 e. The molecule has 1 aromatic heterocycles. The zero-order valence-corrected chi connectivity index (χ0v) is 12.5. The van der Waals surface area contributed by atoms with Crippen molar-refractivity contribution in [1.82, 2.24) is 15.1 Å². The Bertz CT molecular complexity index is 466. The van der Waals surface area contributed by atoms with Gasteiger partial charge in [0, 0.05) is 18.8 Å². The fourth-order valence-corrected chi connectivity index (χ4v) is 1.89. The van der Waals surface area contributed by atoms with Gasteiger partial charge in [0.25, 0.3) is 5.91 Å². The number of carbonyl (C=O) groups is 2. The van der Waals surface area contributed by atoms with E-state index >= 15 is 0 Å². The molecule has 1 amide bonds. The quantitative estimate of drug-likeness (QED) is 0.800. The molecular weight excluding hydrogens is 258 g/mol. The topological polar surface area (TPSA) is 84.2 Å². The van der Waals surface area contributed by atoms with E-state index in [2.05, 4.69) is 10.4 Å². The van der Waals surface area contributed by atoms with Crippen LogP contribution in [0.2, 0.25) is 0 Å². The highest BCUT2D eigenvalue weighted by molar-refractivity contribution is 5.92. The van der Waals surface area contributed by atoms with Crippen LogP contribution < -0.4 is 5.32 Å². The first kappa shape index (κ1) is 16.2. The van der Waals surface area contributed by atoms with Crippen molar-refractivity contribution in [2.45, 2.75) is 40.2 Å². The van der Waals surface area contributed by atoms with Crippen LogP contribution in [0.4, 0.5) is 0 Å². The molecule has 0 aliphatic heterocycles. The number of aromatic nitrogens is 2. The first-order chi connectivity index (χ1) is 9.31. The summed E-state index contributed by atoms with van der Waals surface area (Å²) in [5, 5.41) is 15.9. The number of aliphatic carboxylic acids is 1. The van der Waals surface area contributed by atoms with Gasteiger partial charge in [-0.1, -0.05) is 13.8 Å². The molecule has 0 fully saturated rings. The van der Waals surface area contributed by atoms with Gasteiger partial charge in [-0.2, -0.15) is 5.10 Å². The number of nitrogens with one attached hydrogen (secondary N) is 1. The van der Waals surface area contributed by atoms with Crippen LogP contribution >= 0.6 is 0 Å². The fraction of sp³-hybridized carbons (Fsp3) is 0.643. The Morgan fingerprint density at radius 2 is 2.00 bits per heavy atom. The number of hydrogen-bond acceptors (Lipinski definition) is 3. The number of carboxylic acids is 1. The van der Waals surface area contributed by atoms with Crippen molar-refractivity contribution in [3.05, 3.63) is 18.0 Å². The van der Waals surface area contributed by atoms with Gasteiger partial charge in [-0.15, -0.1) is 0 Å². The molecule has 0 radical (unpaired) electrons. The molecule has 112 valence electrons. The van der Waals surface area contributed by atoms with Gasteiger partial charge in [0.05, 0.1) is 5.92 Å². The molecule has 0 saturated carbocycles. The second kappa shape index (κ2) is 7.07. The highest BCUT2D eigenvalue weighted by Crippen LogP contribution is 2.11. The first-order valence-corrected chi connectivity index (χ1v) is 6.87. The molecule has 1 rings (SSSR count). The first-order valence-electron chi connectivity index (χ1n) is 6.87. The van der Waals surface area contributed by atoms with Crippen LogP contribution in [0.1, 0.15) is 50.6 Å². The molecule has 0 aliphatic rings. The third-order valence-corrected chi connectivity index (χ3v) is 2.98. The minimum atomic E-state index is -0.883. The summed E-state index contributed by atoms with van der Waals surface area (Å²) in [6, 6.07) is 1.82. The number of carbonyl (C=O) groups excluding carboxylic acids is 1. The SMILES string of the molecule is CC(C)CC(CNC(=O)c1ccn(C(C)C)n1)C(=O)O. The number of rotatable bonds is 7.